The summed E-state index contributed by atoms with van der Waals surface area (Å²) in [5.74, 6) is 1.49. The first kappa shape index (κ1) is 10.6. The van der Waals surface area contributed by atoms with Crippen LogP contribution in [0.15, 0.2) is 0 Å². The second-order valence-corrected chi connectivity index (χ2v) is 6.40. The lowest BCUT2D eigenvalue weighted by molar-refractivity contribution is -0.154. The van der Waals surface area contributed by atoms with Gasteiger partial charge in [0.2, 0.25) is 0 Å². The van der Waals surface area contributed by atoms with Crippen LogP contribution in [0.1, 0.15) is 57.8 Å². The molecule has 1 N–H and O–H groups in total. The molecule has 2 heteroatoms. The van der Waals surface area contributed by atoms with E-state index in [9.17, 15) is 9.90 Å². The van der Waals surface area contributed by atoms with Gasteiger partial charge in [0.1, 0.15) is 0 Å². The summed E-state index contributed by atoms with van der Waals surface area (Å²) in [6.45, 7) is 0. The number of carbonyl (C=O) groups is 1. The fourth-order valence-electron chi connectivity index (χ4n) is 4.77. The highest BCUT2D eigenvalue weighted by atomic mass is 16.4. The third kappa shape index (κ3) is 1.49. The number of rotatable bonds is 3. The lowest BCUT2D eigenvalue weighted by atomic mass is 9.68. The number of hydrogen-bond acceptors (Lipinski definition) is 1. The Kier molecular flexibility index (Phi) is 2.49. The molecule has 90 valence electrons. The van der Waals surface area contributed by atoms with Crippen LogP contribution in [0, 0.1) is 23.2 Å². The number of carboxylic acid groups (broad SMARTS) is 1. The predicted molar refractivity (Wildman–Crippen MR) is 62.1 cm³/mol. The monoisotopic (exact) mass is 222 g/mol. The molecule has 3 aliphatic carbocycles. The number of fused-ring (bicyclic) bond motifs is 2. The average Bonchev–Trinajstić information content (AvgIpc) is 2.92. The minimum atomic E-state index is -0.480. The molecular weight excluding hydrogens is 200 g/mol. The van der Waals surface area contributed by atoms with Crippen LogP contribution < -0.4 is 0 Å². The zero-order valence-electron chi connectivity index (χ0n) is 9.95. The molecule has 3 unspecified atom stereocenters. The van der Waals surface area contributed by atoms with Crippen molar-refractivity contribution in [2.24, 2.45) is 23.2 Å². The van der Waals surface area contributed by atoms with Crippen molar-refractivity contribution >= 4 is 5.97 Å². The fraction of sp³-hybridized carbons (Fsp3) is 0.929. The molecule has 3 saturated carbocycles. The van der Waals surface area contributed by atoms with Crippen molar-refractivity contribution in [2.75, 3.05) is 0 Å². The molecule has 0 radical (unpaired) electrons. The second-order valence-electron chi connectivity index (χ2n) is 6.40. The Morgan fingerprint density at radius 3 is 2.44 bits per heavy atom. The van der Waals surface area contributed by atoms with Gasteiger partial charge in [-0.3, -0.25) is 4.79 Å². The van der Waals surface area contributed by atoms with Gasteiger partial charge in [0.25, 0.3) is 0 Å². The summed E-state index contributed by atoms with van der Waals surface area (Å²) in [5, 5.41) is 9.65. The lowest BCUT2D eigenvalue weighted by Gasteiger charge is -2.35. The van der Waals surface area contributed by atoms with Crippen LogP contribution in [0.4, 0.5) is 0 Å². The summed E-state index contributed by atoms with van der Waals surface area (Å²) in [6, 6.07) is 0. The first-order chi connectivity index (χ1) is 7.71. The van der Waals surface area contributed by atoms with Gasteiger partial charge in [0.05, 0.1) is 5.41 Å². The van der Waals surface area contributed by atoms with E-state index < -0.39 is 5.97 Å². The molecule has 3 aliphatic rings. The summed E-state index contributed by atoms with van der Waals surface area (Å²) in [5.41, 5.74) is -0.308. The largest absolute Gasteiger partial charge is 0.481 e. The predicted octanol–water partition coefficient (Wildman–Crippen LogP) is 3.46. The van der Waals surface area contributed by atoms with Gasteiger partial charge in [0.15, 0.2) is 0 Å². The van der Waals surface area contributed by atoms with E-state index >= 15 is 0 Å². The van der Waals surface area contributed by atoms with Crippen molar-refractivity contribution in [2.45, 2.75) is 57.8 Å². The summed E-state index contributed by atoms with van der Waals surface area (Å²) in [7, 11) is 0. The Morgan fingerprint density at radius 1 is 1.19 bits per heavy atom. The minimum absolute atomic E-state index is 0.308. The molecule has 0 heterocycles. The molecule has 3 rings (SSSR count). The first-order valence-corrected chi connectivity index (χ1v) is 6.94. The van der Waals surface area contributed by atoms with Crippen LogP contribution in [-0.4, -0.2) is 11.1 Å². The molecule has 0 aromatic heterocycles. The van der Waals surface area contributed by atoms with Gasteiger partial charge in [-0.25, -0.2) is 0 Å². The highest BCUT2D eigenvalue weighted by Gasteiger charge is 2.56. The van der Waals surface area contributed by atoms with Crippen molar-refractivity contribution in [1.82, 2.24) is 0 Å². The van der Waals surface area contributed by atoms with Crippen molar-refractivity contribution in [3.63, 3.8) is 0 Å². The first-order valence-electron chi connectivity index (χ1n) is 6.94. The van der Waals surface area contributed by atoms with E-state index in [-0.39, 0.29) is 5.41 Å². The zero-order chi connectivity index (χ0) is 11.2. The van der Waals surface area contributed by atoms with Crippen LogP contribution in [-0.2, 0) is 4.79 Å². The minimum Gasteiger partial charge on any atom is -0.481 e. The van der Waals surface area contributed by atoms with Crippen LogP contribution in [0.3, 0.4) is 0 Å². The van der Waals surface area contributed by atoms with Crippen molar-refractivity contribution in [3.05, 3.63) is 0 Å². The molecule has 0 aromatic carbocycles. The Bertz CT molecular complexity index is 293. The highest BCUT2D eigenvalue weighted by Crippen LogP contribution is 2.59. The van der Waals surface area contributed by atoms with E-state index in [1.54, 1.807) is 0 Å². The fourth-order valence-corrected chi connectivity index (χ4v) is 4.77. The quantitative estimate of drug-likeness (QED) is 0.794. The van der Waals surface area contributed by atoms with Crippen LogP contribution in [0.2, 0.25) is 0 Å². The number of carboxylic acids is 1. The van der Waals surface area contributed by atoms with Gasteiger partial charge < -0.3 is 5.11 Å². The molecule has 0 spiro atoms. The Hall–Kier alpha value is -0.530. The van der Waals surface area contributed by atoms with E-state index in [0.29, 0.717) is 5.92 Å². The smallest absolute Gasteiger partial charge is 0.309 e. The van der Waals surface area contributed by atoms with E-state index in [0.717, 1.165) is 24.7 Å². The van der Waals surface area contributed by atoms with Crippen LogP contribution >= 0.6 is 0 Å². The van der Waals surface area contributed by atoms with Crippen molar-refractivity contribution in [1.29, 1.82) is 0 Å². The van der Waals surface area contributed by atoms with Gasteiger partial charge >= 0.3 is 5.97 Å². The second kappa shape index (κ2) is 3.75. The van der Waals surface area contributed by atoms with Crippen molar-refractivity contribution < 1.29 is 9.90 Å². The van der Waals surface area contributed by atoms with Crippen LogP contribution in [0.5, 0.6) is 0 Å². The van der Waals surface area contributed by atoms with Gasteiger partial charge in [0, 0.05) is 0 Å². The summed E-state index contributed by atoms with van der Waals surface area (Å²) in [6.07, 6.45) is 10.9. The molecular formula is C14H22O2. The molecule has 0 aliphatic heterocycles. The maximum absolute atomic E-state index is 11.7. The molecule has 3 fully saturated rings. The number of aliphatic carboxylic acids is 1. The van der Waals surface area contributed by atoms with Gasteiger partial charge in [-0.1, -0.05) is 32.1 Å². The SMILES string of the molecule is O=C(O)C1(CC2CCCC2)CC2CCC1C2. The van der Waals surface area contributed by atoms with Gasteiger partial charge in [-0.15, -0.1) is 0 Å². The summed E-state index contributed by atoms with van der Waals surface area (Å²) in [4.78, 5) is 11.7. The van der Waals surface area contributed by atoms with E-state index in [4.69, 9.17) is 0 Å². The molecule has 2 nitrogen and oxygen atoms in total. The molecule has 3 atom stereocenters. The highest BCUT2D eigenvalue weighted by molar-refractivity contribution is 5.76. The summed E-state index contributed by atoms with van der Waals surface area (Å²) < 4.78 is 0. The molecule has 2 bridgehead atoms. The Balaban J connectivity index is 1.78. The molecule has 0 saturated heterocycles. The third-order valence-corrected chi connectivity index (χ3v) is 5.53. The maximum atomic E-state index is 11.7. The standard InChI is InChI=1S/C14H22O2/c15-13(16)14(8-10-3-1-2-4-10)9-11-5-6-12(14)7-11/h10-12H,1-9H2,(H,15,16). The van der Waals surface area contributed by atoms with Crippen LogP contribution in [0.25, 0.3) is 0 Å². The zero-order valence-corrected chi connectivity index (χ0v) is 9.95. The van der Waals surface area contributed by atoms with E-state index in [2.05, 4.69) is 0 Å². The topological polar surface area (TPSA) is 37.3 Å². The molecule has 16 heavy (non-hydrogen) atoms. The third-order valence-electron chi connectivity index (χ3n) is 5.53. The van der Waals surface area contributed by atoms with Crippen molar-refractivity contribution in [3.8, 4) is 0 Å². The Morgan fingerprint density at radius 2 is 1.94 bits per heavy atom. The van der Waals surface area contributed by atoms with Gasteiger partial charge in [-0.05, 0) is 43.4 Å². The average molecular weight is 222 g/mol. The lowest BCUT2D eigenvalue weighted by Crippen LogP contribution is -2.38. The van der Waals surface area contributed by atoms with Gasteiger partial charge in [-0.2, -0.15) is 0 Å². The molecule has 0 amide bonds. The molecule has 0 aromatic rings. The normalized spacial score (nSPS) is 43.0. The summed E-state index contributed by atoms with van der Waals surface area (Å²) >= 11 is 0. The number of hydrogen-bond donors (Lipinski definition) is 1. The maximum Gasteiger partial charge on any atom is 0.309 e. The van der Waals surface area contributed by atoms with E-state index in [1.807, 2.05) is 0 Å². The Labute approximate surface area is 97.4 Å². The van der Waals surface area contributed by atoms with E-state index in [1.165, 1.54) is 44.9 Å².